The van der Waals surface area contributed by atoms with Gasteiger partial charge in [0.05, 0.1) is 0 Å². The van der Waals surface area contributed by atoms with Gasteiger partial charge in [-0.15, -0.1) is 0 Å². The predicted octanol–water partition coefficient (Wildman–Crippen LogP) is 3.04. The second-order valence-corrected chi connectivity index (χ2v) is 6.86. The molecule has 1 amide bonds. The van der Waals surface area contributed by atoms with E-state index in [-0.39, 0.29) is 5.91 Å². The number of hydrogen-bond donors (Lipinski definition) is 1. The van der Waals surface area contributed by atoms with E-state index in [1.807, 2.05) is 12.1 Å². The zero-order chi connectivity index (χ0) is 17.3. The van der Waals surface area contributed by atoms with E-state index in [0.29, 0.717) is 12.3 Å². The number of aromatic nitrogens is 1. The predicted molar refractivity (Wildman–Crippen MR) is 100 cm³/mol. The van der Waals surface area contributed by atoms with Crippen LogP contribution in [0.2, 0.25) is 0 Å². The van der Waals surface area contributed by atoms with Crippen LogP contribution in [0.3, 0.4) is 0 Å². The summed E-state index contributed by atoms with van der Waals surface area (Å²) in [4.78, 5) is 18.5. The summed E-state index contributed by atoms with van der Waals surface area (Å²) in [6, 6.07) is 14.6. The van der Waals surface area contributed by atoms with Crippen molar-refractivity contribution in [3.05, 3.63) is 66.0 Å². The number of carbonyl (C=O) groups is 1. The molecule has 0 bridgehead atoms. The minimum atomic E-state index is 0.156. The molecular weight excluding hydrogens is 310 g/mol. The van der Waals surface area contributed by atoms with Gasteiger partial charge < -0.3 is 5.32 Å². The molecule has 1 aromatic heterocycles. The van der Waals surface area contributed by atoms with Crippen molar-refractivity contribution in [3.63, 3.8) is 0 Å². The highest BCUT2D eigenvalue weighted by Crippen LogP contribution is 2.18. The third-order valence-electron chi connectivity index (χ3n) is 4.93. The molecule has 1 aromatic carbocycles. The van der Waals surface area contributed by atoms with Gasteiger partial charge in [0.25, 0.3) is 0 Å². The van der Waals surface area contributed by atoms with Crippen LogP contribution in [0.1, 0.15) is 30.4 Å². The van der Waals surface area contributed by atoms with Gasteiger partial charge in [0.1, 0.15) is 0 Å². The van der Waals surface area contributed by atoms with Crippen molar-refractivity contribution in [2.45, 2.75) is 32.2 Å². The van der Waals surface area contributed by atoms with E-state index in [1.165, 1.54) is 11.1 Å². The molecule has 1 aliphatic heterocycles. The second-order valence-electron chi connectivity index (χ2n) is 6.86. The first-order chi connectivity index (χ1) is 12.3. The van der Waals surface area contributed by atoms with Crippen LogP contribution >= 0.6 is 0 Å². The number of nitrogens with zero attached hydrogens (tertiary/aromatic N) is 2. The van der Waals surface area contributed by atoms with Crippen LogP contribution in [0.15, 0.2) is 54.9 Å². The number of amides is 1. The van der Waals surface area contributed by atoms with Crippen LogP contribution in [-0.4, -0.2) is 35.4 Å². The lowest BCUT2D eigenvalue weighted by atomic mass is 9.96. The molecule has 0 radical (unpaired) electrons. The van der Waals surface area contributed by atoms with Crippen molar-refractivity contribution in [2.75, 3.05) is 19.6 Å². The average Bonchev–Trinajstić information content (AvgIpc) is 2.67. The highest BCUT2D eigenvalue weighted by Gasteiger charge is 2.19. The second kappa shape index (κ2) is 9.33. The third-order valence-corrected chi connectivity index (χ3v) is 4.93. The summed E-state index contributed by atoms with van der Waals surface area (Å²) in [5.41, 5.74) is 2.55. The minimum Gasteiger partial charge on any atom is -0.356 e. The lowest BCUT2D eigenvalue weighted by Crippen LogP contribution is -2.38. The van der Waals surface area contributed by atoms with Gasteiger partial charge in [-0.1, -0.05) is 30.3 Å². The minimum absolute atomic E-state index is 0.156. The Labute approximate surface area is 150 Å². The van der Waals surface area contributed by atoms with E-state index in [4.69, 9.17) is 0 Å². The molecule has 0 spiro atoms. The van der Waals surface area contributed by atoms with Crippen LogP contribution in [-0.2, 0) is 17.8 Å². The molecule has 1 aliphatic rings. The molecule has 1 fully saturated rings. The van der Waals surface area contributed by atoms with E-state index in [2.05, 4.69) is 45.5 Å². The molecule has 1 N–H and O–H groups in total. The summed E-state index contributed by atoms with van der Waals surface area (Å²) in [5, 5.41) is 3.11. The number of pyridine rings is 1. The van der Waals surface area contributed by atoms with Gasteiger partial charge in [-0.2, -0.15) is 0 Å². The first-order valence-electron chi connectivity index (χ1n) is 9.21. The number of likely N-dealkylation sites (tertiary alicyclic amines) is 1. The quantitative estimate of drug-likeness (QED) is 0.845. The largest absolute Gasteiger partial charge is 0.356 e. The maximum absolute atomic E-state index is 12.0. The lowest BCUT2D eigenvalue weighted by Gasteiger charge is -2.32. The van der Waals surface area contributed by atoms with Gasteiger partial charge in [-0.05, 0) is 61.5 Å². The Bertz CT molecular complexity index is 637. The monoisotopic (exact) mass is 337 g/mol. The number of hydrogen-bond acceptors (Lipinski definition) is 3. The van der Waals surface area contributed by atoms with Crippen molar-refractivity contribution in [3.8, 4) is 0 Å². The van der Waals surface area contributed by atoms with Crippen molar-refractivity contribution in [1.29, 1.82) is 0 Å². The molecule has 1 saturated heterocycles. The first-order valence-corrected chi connectivity index (χ1v) is 9.21. The average molecular weight is 337 g/mol. The van der Waals surface area contributed by atoms with Gasteiger partial charge in [0.15, 0.2) is 0 Å². The first kappa shape index (κ1) is 17.6. The number of benzene rings is 1. The molecule has 4 heteroatoms. The van der Waals surface area contributed by atoms with Crippen molar-refractivity contribution < 1.29 is 4.79 Å². The Morgan fingerprint density at radius 2 is 1.76 bits per heavy atom. The number of piperidine rings is 1. The summed E-state index contributed by atoms with van der Waals surface area (Å²) in [7, 11) is 0. The Morgan fingerprint density at radius 3 is 2.48 bits per heavy atom. The van der Waals surface area contributed by atoms with Gasteiger partial charge in [0, 0.05) is 31.9 Å². The van der Waals surface area contributed by atoms with Crippen LogP contribution < -0.4 is 5.32 Å². The summed E-state index contributed by atoms with van der Waals surface area (Å²) in [6.45, 7) is 4.08. The molecule has 0 atom stereocenters. The molecular formula is C21H27N3O. The zero-order valence-corrected chi connectivity index (χ0v) is 14.7. The highest BCUT2D eigenvalue weighted by atomic mass is 16.1. The maximum atomic E-state index is 12.0. The number of rotatable bonds is 7. The standard InChI is InChI=1S/C21H27N3O/c25-21(7-6-18-8-12-22-13-9-18)23-16-19-10-14-24(15-11-19)17-20-4-2-1-3-5-20/h1-5,8-9,12-13,19H,6-7,10-11,14-17H2,(H,23,25). The fourth-order valence-corrected chi connectivity index (χ4v) is 3.34. The molecule has 2 aromatic rings. The van der Waals surface area contributed by atoms with E-state index < -0.39 is 0 Å². The maximum Gasteiger partial charge on any atom is 0.220 e. The van der Waals surface area contributed by atoms with Crippen molar-refractivity contribution in [1.82, 2.24) is 15.2 Å². The van der Waals surface area contributed by atoms with E-state index in [0.717, 1.165) is 45.4 Å². The molecule has 132 valence electrons. The Balaban J connectivity index is 1.31. The molecule has 4 nitrogen and oxygen atoms in total. The SMILES string of the molecule is O=C(CCc1ccncc1)NCC1CCN(Cc2ccccc2)CC1. The zero-order valence-electron chi connectivity index (χ0n) is 14.7. The topological polar surface area (TPSA) is 45.2 Å². The summed E-state index contributed by atoms with van der Waals surface area (Å²) in [5.74, 6) is 0.764. The van der Waals surface area contributed by atoms with Crippen LogP contribution in [0.5, 0.6) is 0 Å². The summed E-state index contributed by atoms with van der Waals surface area (Å²) < 4.78 is 0. The third kappa shape index (κ3) is 5.98. The van der Waals surface area contributed by atoms with Crippen LogP contribution in [0, 0.1) is 5.92 Å². The fraction of sp³-hybridized carbons (Fsp3) is 0.429. The van der Waals surface area contributed by atoms with Crippen molar-refractivity contribution >= 4 is 5.91 Å². The lowest BCUT2D eigenvalue weighted by molar-refractivity contribution is -0.121. The molecule has 0 unspecified atom stereocenters. The van der Waals surface area contributed by atoms with Crippen LogP contribution in [0.25, 0.3) is 0 Å². The molecule has 0 saturated carbocycles. The van der Waals surface area contributed by atoms with Gasteiger partial charge in [-0.3, -0.25) is 14.7 Å². The van der Waals surface area contributed by atoms with Crippen LogP contribution in [0.4, 0.5) is 0 Å². The van der Waals surface area contributed by atoms with E-state index in [9.17, 15) is 4.79 Å². The van der Waals surface area contributed by atoms with E-state index >= 15 is 0 Å². The fourth-order valence-electron chi connectivity index (χ4n) is 3.34. The molecule has 0 aliphatic carbocycles. The smallest absolute Gasteiger partial charge is 0.220 e. The van der Waals surface area contributed by atoms with Gasteiger partial charge >= 0.3 is 0 Å². The summed E-state index contributed by atoms with van der Waals surface area (Å²) >= 11 is 0. The highest BCUT2D eigenvalue weighted by molar-refractivity contribution is 5.76. The van der Waals surface area contributed by atoms with Gasteiger partial charge in [0.2, 0.25) is 5.91 Å². The number of aryl methyl sites for hydroxylation is 1. The van der Waals surface area contributed by atoms with Gasteiger partial charge in [-0.25, -0.2) is 0 Å². The Morgan fingerprint density at radius 1 is 1.04 bits per heavy atom. The Kier molecular flexibility index (Phi) is 6.57. The Hall–Kier alpha value is -2.20. The van der Waals surface area contributed by atoms with Crippen molar-refractivity contribution in [2.24, 2.45) is 5.92 Å². The molecule has 2 heterocycles. The number of carbonyl (C=O) groups excluding carboxylic acids is 1. The summed E-state index contributed by atoms with van der Waals surface area (Å²) in [6.07, 6.45) is 7.21. The number of nitrogens with one attached hydrogen (secondary N) is 1. The molecule has 25 heavy (non-hydrogen) atoms. The molecule has 3 rings (SSSR count). The normalized spacial score (nSPS) is 15.8. The van der Waals surface area contributed by atoms with E-state index in [1.54, 1.807) is 12.4 Å².